The van der Waals surface area contributed by atoms with Crippen molar-refractivity contribution in [1.82, 2.24) is 4.90 Å². The van der Waals surface area contributed by atoms with E-state index in [2.05, 4.69) is 54.8 Å². The van der Waals surface area contributed by atoms with Gasteiger partial charge in [-0.25, -0.2) is 0 Å². The Morgan fingerprint density at radius 1 is 0.952 bits per heavy atom. The molecular weight excluding hydrogens is 260 g/mol. The Morgan fingerprint density at radius 2 is 1.57 bits per heavy atom. The van der Waals surface area contributed by atoms with Gasteiger partial charge in [-0.2, -0.15) is 0 Å². The van der Waals surface area contributed by atoms with Crippen molar-refractivity contribution in [3.05, 3.63) is 29.8 Å². The number of aliphatic hydroxyl groups is 1. The fourth-order valence-corrected chi connectivity index (χ4v) is 2.85. The highest BCUT2D eigenvalue weighted by Gasteiger charge is 2.18. The molecule has 1 aromatic rings. The second-order valence-electron chi connectivity index (χ2n) is 7.06. The summed E-state index contributed by atoms with van der Waals surface area (Å²) in [6, 6.07) is 9.07. The van der Waals surface area contributed by atoms with Crippen molar-refractivity contribution in [1.29, 1.82) is 0 Å². The van der Waals surface area contributed by atoms with E-state index in [1.54, 1.807) is 0 Å². The fourth-order valence-electron chi connectivity index (χ4n) is 2.85. The van der Waals surface area contributed by atoms with Gasteiger partial charge in [-0.3, -0.25) is 4.90 Å². The lowest BCUT2D eigenvalue weighted by Crippen LogP contribution is -2.46. The van der Waals surface area contributed by atoms with Gasteiger partial charge in [0.15, 0.2) is 0 Å². The Labute approximate surface area is 129 Å². The van der Waals surface area contributed by atoms with Crippen molar-refractivity contribution < 1.29 is 5.11 Å². The van der Waals surface area contributed by atoms with E-state index in [1.165, 1.54) is 11.3 Å². The molecule has 1 heterocycles. The van der Waals surface area contributed by atoms with Gasteiger partial charge in [0.2, 0.25) is 0 Å². The zero-order valence-electron chi connectivity index (χ0n) is 13.8. The van der Waals surface area contributed by atoms with Gasteiger partial charge in [0, 0.05) is 38.5 Å². The number of benzene rings is 1. The van der Waals surface area contributed by atoms with Gasteiger partial charge in [-0.05, 0) is 42.5 Å². The molecule has 3 heteroatoms. The summed E-state index contributed by atoms with van der Waals surface area (Å²) in [6.45, 7) is 12.7. The minimum atomic E-state index is 0.226. The molecule has 0 amide bonds. The molecule has 2 rings (SSSR count). The Bertz CT molecular complexity index is 414. The third-order valence-corrected chi connectivity index (χ3v) is 4.35. The van der Waals surface area contributed by atoms with Crippen LogP contribution in [0.25, 0.3) is 0 Å². The highest BCUT2D eigenvalue weighted by atomic mass is 16.2. The Hall–Kier alpha value is -1.06. The zero-order chi connectivity index (χ0) is 15.3. The number of hydrogen-bond acceptors (Lipinski definition) is 3. The topological polar surface area (TPSA) is 26.7 Å². The monoisotopic (exact) mass is 290 g/mol. The number of hydrogen-bond donors (Lipinski definition) is 1. The van der Waals surface area contributed by atoms with Crippen molar-refractivity contribution in [2.45, 2.75) is 39.0 Å². The molecule has 0 bridgehead atoms. The summed E-state index contributed by atoms with van der Waals surface area (Å²) in [5, 5.41) is 8.84. The SMILES string of the molecule is CC(C)(C)c1ccc(N2CCN(CCCCO)CC2)cc1. The lowest BCUT2D eigenvalue weighted by Gasteiger charge is -2.36. The Balaban J connectivity index is 1.85. The van der Waals surface area contributed by atoms with Gasteiger partial charge in [0.05, 0.1) is 0 Å². The maximum Gasteiger partial charge on any atom is 0.0431 e. The summed E-state index contributed by atoms with van der Waals surface area (Å²) < 4.78 is 0. The minimum Gasteiger partial charge on any atom is -0.396 e. The van der Waals surface area contributed by atoms with E-state index in [-0.39, 0.29) is 5.41 Å². The van der Waals surface area contributed by atoms with Crippen molar-refractivity contribution in [3.8, 4) is 0 Å². The minimum absolute atomic E-state index is 0.226. The molecule has 1 aromatic carbocycles. The molecule has 0 aromatic heterocycles. The molecular formula is C18H30N2O. The second kappa shape index (κ2) is 7.28. The Kier molecular flexibility index (Phi) is 5.65. The van der Waals surface area contributed by atoms with E-state index in [0.29, 0.717) is 6.61 Å². The molecule has 3 nitrogen and oxygen atoms in total. The highest BCUT2D eigenvalue weighted by Crippen LogP contribution is 2.25. The summed E-state index contributed by atoms with van der Waals surface area (Å²) >= 11 is 0. The van der Waals surface area contributed by atoms with E-state index in [9.17, 15) is 0 Å². The van der Waals surface area contributed by atoms with E-state index >= 15 is 0 Å². The van der Waals surface area contributed by atoms with Crippen LogP contribution in [-0.2, 0) is 5.41 Å². The van der Waals surface area contributed by atoms with Crippen LogP contribution in [0.5, 0.6) is 0 Å². The zero-order valence-corrected chi connectivity index (χ0v) is 13.8. The van der Waals surface area contributed by atoms with Crippen LogP contribution in [0.3, 0.4) is 0 Å². The van der Waals surface area contributed by atoms with Crippen molar-refractivity contribution in [2.24, 2.45) is 0 Å². The van der Waals surface area contributed by atoms with E-state index < -0.39 is 0 Å². The standard InChI is InChI=1S/C18H30N2O/c1-18(2,3)16-6-8-17(9-7-16)20-13-11-19(12-14-20)10-4-5-15-21/h6-9,21H,4-5,10-15H2,1-3H3. The lowest BCUT2D eigenvalue weighted by molar-refractivity contribution is 0.232. The van der Waals surface area contributed by atoms with Gasteiger partial charge in [-0.15, -0.1) is 0 Å². The first-order valence-electron chi connectivity index (χ1n) is 8.19. The largest absolute Gasteiger partial charge is 0.396 e. The predicted molar refractivity (Wildman–Crippen MR) is 90.1 cm³/mol. The van der Waals surface area contributed by atoms with Crippen LogP contribution in [0, 0.1) is 0 Å². The van der Waals surface area contributed by atoms with Crippen LogP contribution < -0.4 is 4.90 Å². The lowest BCUT2D eigenvalue weighted by atomic mass is 9.87. The molecule has 0 spiro atoms. The number of anilines is 1. The van der Waals surface area contributed by atoms with Gasteiger partial charge in [0.1, 0.15) is 0 Å². The maximum atomic E-state index is 8.84. The smallest absolute Gasteiger partial charge is 0.0431 e. The van der Waals surface area contributed by atoms with E-state index in [1.807, 2.05) is 0 Å². The number of piperazine rings is 1. The van der Waals surface area contributed by atoms with Crippen LogP contribution >= 0.6 is 0 Å². The second-order valence-corrected chi connectivity index (χ2v) is 7.06. The molecule has 0 atom stereocenters. The van der Waals surface area contributed by atoms with Gasteiger partial charge >= 0.3 is 0 Å². The predicted octanol–water partition coefficient (Wildman–Crippen LogP) is 2.88. The molecule has 1 saturated heterocycles. The molecule has 1 fully saturated rings. The van der Waals surface area contributed by atoms with Crippen molar-refractivity contribution in [3.63, 3.8) is 0 Å². The van der Waals surface area contributed by atoms with Gasteiger partial charge < -0.3 is 10.0 Å². The molecule has 1 aliphatic heterocycles. The van der Waals surface area contributed by atoms with E-state index in [4.69, 9.17) is 5.11 Å². The molecule has 0 radical (unpaired) electrons. The summed E-state index contributed by atoms with van der Waals surface area (Å²) in [5.74, 6) is 0. The maximum absolute atomic E-state index is 8.84. The molecule has 1 N–H and O–H groups in total. The van der Waals surface area contributed by atoms with Crippen LogP contribution in [0.1, 0.15) is 39.2 Å². The molecule has 1 aliphatic rings. The number of aliphatic hydroxyl groups excluding tert-OH is 1. The first-order valence-corrected chi connectivity index (χ1v) is 8.19. The van der Waals surface area contributed by atoms with Crippen LogP contribution in [0.2, 0.25) is 0 Å². The van der Waals surface area contributed by atoms with E-state index in [0.717, 1.165) is 45.6 Å². The third kappa shape index (κ3) is 4.72. The number of nitrogens with zero attached hydrogens (tertiary/aromatic N) is 2. The first-order chi connectivity index (χ1) is 10.0. The van der Waals surface area contributed by atoms with Crippen LogP contribution in [0.15, 0.2) is 24.3 Å². The third-order valence-electron chi connectivity index (χ3n) is 4.35. The number of rotatable bonds is 5. The highest BCUT2D eigenvalue weighted by molar-refractivity contribution is 5.49. The quantitative estimate of drug-likeness (QED) is 0.845. The summed E-state index contributed by atoms with van der Waals surface area (Å²) in [4.78, 5) is 4.99. The first kappa shape index (κ1) is 16.3. The Morgan fingerprint density at radius 3 is 2.10 bits per heavy atom. The number of unbranched alkanes of at least 4 members (excludes halogenated alkanes) is 1. The van der Waals surface area contributed by atoms with Crippen molar-refractivity contribution >= 4 is 5.69 Å². The van der Waals surface area contributed by atoms with Gasteiger partial charge in [0.25, 0.3) is 0 Å². The summed E-state index contributed by atoms with van der Waals surface area (Å²) in [5.41, 5.74) is 2.97. The average Bonchev–Trinajstić information content (AvgIpc) is 2.48. The summed E-state index contributed by atoms with van der Waals surface area (Å²) in [7, 11) is 0. The molecule has 0 aliphatic carbocycles. The molecule has 118 valence electrons. The molecule has 0 unspecified atom stereocenters. The van der Waals surface area contributed by atoms with Gasteiger partial charge in [-0.1, -0.05) is 32.9 Å². The van der Waals surface area contributed by atoms with Crippen LogP contribution in [-0.4, -0.2) is 49.3 Å². The molecule has 21 heavy (non-hydrogen) atoms. The molecule has 0 saturated carbocycles. The fraction of sp³-hybridized carbons (Fsp3) is 0.667. The summed E-state index contributed by atoms with van der Waals surface area (Å²) in [6.07, 6.45) is 2.03. The van der Waals surface area contributed by atoms with Crippen molar-refractivity contribution in [2.75, 3.05) is 44.2 Å². The normalized spacial score (nSPS) is 17.2. The average molecular weight is 290 g/mol. The van der Waals surface area contributed by atoms with Crippen LogP contribution in [0.4, 0.5) is 5.69 Å².